The number of aliphatic imine (C=N–C) groups is 2. The fourth-order valence-corrected chi connectivity index (χ4v) is 1.78. The molecule has 0 radical (unpaired) electrons. The molecule has 76 valence electrons. The van der Waals surface area contributed by atoms with Gasteiger partial charge in [0.15, 0.2) is 0 Å². The van der Waals surface area contributed by atoms with Crippen molar-refractivity contribution in [2.45, 2.75) is 5.92 Å². The summed E-state index contributed by atoms with van der Waals surface area (Å²) in [5.41, 5.74) is 6.64. The van der Waals surface area contributed by atoms with E-state index in [9.17, 15) is 4.79 Å². The highest BCUT2D eigenvalue weighted by atomic mass is 16.2. The SMILES string of the molecule is NC1=NCC2C(=N1)NC(=O)c1nc[nH]c12. The number of hydrogen-bond acceptors (Lipinski definition) is 5. The zero-order valence-corrected chi connectivity index (χ0v) is 7.69. The van der Waals surface area contributed by atoms with Gasteiger partial charge in [0.2, 0.25) is 5.96 Å². The highest BCUT2D eigenvalue weighted by molar-refractivity contribution is 6.15. The van der Waals surface area contributed by atoms with Crippen molar-refractivity contribution in [2.24, 2.45) is 15.7 Å². The number of nitrogens with two attached hydrogens (primary N) is 1. The fraction of sp³-hybridized carbons (Fsp3) is 0.250. The number of H-pyrrole nitrogens is 1. The molecular weight excluding hydrogens is 196 g/mol. The molecule has 1 aromatic rings. The van der Waals surface area contributed by atoms with Crippen molar-refractivity contribution in [3.05, 3.63) is 17.7 Å². The number of nitrogens with zero attached hydrogens (tertiary/aromatic N) is 3. The van der Waals surface area contributed by atoms with Crippen LogP contribution in [0.2, 0.25) is 0 Å². The summed E-state index contributed by atoms with van der Waals surface area (Å²) in [5, 5.41) is 2.66. The summed E-state index contributed by atoms with van der Waals surface area (Å²) in [6.45, 7) is 0.486. The van der Waals surface area contributed by atoms with E-state index < -0.39 is 0 Å². The van der Waals surface area contributed by atoms with Gasteiger partial charge < -0.3 is 16.0 Å². The van der Waals surface area contributed by atoms with Gasteiger partial charge in [0.1, 0.15) is 11.5 Å². The smallest absolute Gasteiger partial charge is 0.277 e. The van der Waals surface area contributed by atoms with Gasteiger partial charge in [-0.05, 0) is 0 Å². The average molecular weight is 204 g/mol. The quantitative estimate of drug-likeness (QED) is 0.502. The van der Waals surface area contributed by atoms with Crippen LogP contribution in [-0.4, -0.2) is 34.2 Å². The molecule has 3 rings (SSSR count). The number of aromatic nitrogens is 2. The van der Waals surface area contributed by atoms with Gasteiger partial charge in [0.25, 0.3) is 5.91 Å². The van der Waals surface area contributed by atoms with Crippen LogP contribution < -0.4 is 11.1 Å². The highest BCUT2D eigenvalue weighted by Gasteiger charge is 2.34. The summed E-state index contributed by atoms with van der Waals surface area (Å²) < 4.78 is 0. The molecule has 1 aromatic heterocycles. The van der Waals surface area contributed by atoms with Crippen molar-refractivity contribution in [1.82, 2.24) is 15.3 Å². The molecule has 0 aromatic carbocycles. The fourth-order valence-electron chi connectivity index (χ4n) is 1.78. The van der Waals surface area contributed by atoms with Gasteiger partial charge in [0.05, 0.1) is 24.5 Å². The average Bonchev–Trinajstić information content (AvgIpc) is 2.66. The van der Waals surface area contributed by atoms with Crippen LogP contribution in [0.3, 0.4) is 0 Å². The maximum Gasteiger partial charge on any atom is 0.277 e. The molecule has 7 heteroatoms. The van der Waals surface area contributed by atoms with Gasteiger partial charge >= 0.3 is 0 Å². The number of rotatable bonds is 0. The first-order chi connectivity index (χ1) is 7.25. The van der Waals surface area contributed by atoms with Gasteiger partial charge in [-0.15, -0.1) is 0 Å². The van der Waals surface area contributed by atoms with Crippen LogP contribution in [0, 0.1) is 0 Å². The van der Waals surface area contributed by atoms with E-state index in [2.05, 4.69) is 25.3 Å². The van der Waals surface area contributed by atoms with Crippen LogP contribution in [0.4, 0.5) is 0 Å². The van der Waals surface area contributed by atoms with Crippen molar-refractivity contribution in [3.63, 3.8) is 0 Å². The van der Waals surface area contributed by atoms with E-state index in [4.69, 9.17) is 5.73 Å². The van der Waals surface area contributed by atoms with E-state index in [0.717, 1.165) is 5.69 Å². The van der Waals surface area contributed by atoms with Crippen molar-refractivity contribution in [3.8, 4) is 0 Å². The first-order valence-corrected chi connectivity index (χ1v) is 4.49. The molecular formula is C8H8N6O. The third-order valence-electron chi connectivity index (χ3n) is 2.47. The number of nitrogens with one attached hydrogen (secondary N) is 2. The third-order valence-corrected chi connectivity index (χ3v) is 2.47. The minimum absolute atomic E-state index is 0.0625. The first-order valence-electron chi connectivity index (χ1n) is 4.49. The van der Waals surface area contributed by atoms with E-state index in [0.29, 0.717) is 18.1 Å². The lowest BCUT2D eigenvalue weighted by atomic mass is 9.97. The van der Waals surface area contributed by atoms with Crippen LogP contribution in [0.5, 0.6) is 0 Å². The van der Waals surface area contributed by atoms with Crippen LogP contribution >= 0.6 is 0 Å². The number of fused-ring (bicyclic) bond motifs is 3. The maximum absolute atomic E-state index is 11.6. The second kappa shape index (κ2) is 2.66. The van der Waals surface area contributed by atoms with Crippen LogP contribution in [-0.2, 0) is 0 Å². The molecule has 0 bridgehead atoms. The lowest BCUT2D eigenvalue weighted by Gasteiger charge is -2.24. The Morgan fingerprint density at radius 1 is 1.53 bits per heavy atom. The summed E-state index contributed by atoms with van der Waals surface area (Å²) in [5.74, 6) is 0.428. The molecule has 1 unspecified atom stereocenters. The number of hydrogen-bond donors (Lipinski definition) is 3. The molecule has 0 spiro atoms. The Kier molecular flexibility index (Phi) is 1.44. The van der Waals surface area contributed by atoms with Crippen molar-refractivity contribution < 1.29 is 4.79 Å². The Bertz CT molecular complexity index is 499. The van der Waals surface area contributed by atoms with Gasteiger partial charge in [0, 0.05) is 0 Å². The third kappa shape index (κ3) is 1.06. The molecule has 2 aliphatic rings. The van der Waals surface area contributed by atoms with Crippen molar-refractivity contribution >= 4 is 17.7 Å². The Morgan fingerprint density at radius 3 is 3.27 bits per heavy atom. The van der Waals surface area contributed by atoms with Gasteiger partial charge in [-0.2, -0.15) is 4.99 Å². The van der Waals surface area contributed by atoms with E-state index in [-0.39, 0.29) is 17.8 Å². The maximum atomic E-state index is 11.6. The molecule has 0 saturated carbocycles. The van der Waals surface area contributed by atoms with E-state index >= 15 is 0 Å². The summed E-state index contributed by atoms with van der Waals surface area (Å²) in [6, 6.07) is 0. The second-order valence-electron chi connectivity index (χ2n) is 3.37. The Balaban J connectivity index is 2.13. The topological polar surface area (TPSA) is 109 Å². The minimum Gasteiger partial charge on any atom is -0.368 e. The predicted molar refractivity (Wildman–Crippen MR) is 52.7 cm³/mol. The summed E-state index contributed by atoms with van der Waals surface area (Å²) in [7, 11) is 0. The number of guanidine groups is 1. The van der Waals surface area contributed by atoms with Crippen LogP contribution in [0.15, 0.2) is 16.3 Å². The molecule has 0 saturated heterocycles. The second-order valence-corrected chi connectivity index (χ2v) is 3.37. The Morgan fingerprint density at radius 2 is 2.40 bits per heavy atom. The number of amides is 1. The zero-order chi connectivity index (χ0) is 10.4. The lowest BCUT2D eigenvalue weighted by Crippen LogP contribution is -2.44. The van der Waals surface area contributed by atoms with E-state index in [1.54, 1.807) is 0 Å². The van der Waals surface area contributed by atoms with Gasteiger partial charge in [-0.1, -0.05) is 0 Å². The van der Waals surface area contributed by atoms with Crippen LogP contribution in [0.25, 0.3) is 0 Å². The molecule has 7 nitrogen and oxygen atoms in total. The predicted octanol–water partition coefficient (Wildman–Crippen LogP) is -1.04. The van der Waals surface area contributed by atoms with Crippen molar-refractivity contribution in [2.75, 3.05) is 6.54 Å². The Labute approximate surface area is 84.5 Å². The van der Waals surface area contributed by atoms with E-state index in [1.165, 1.54) is 6.33 Å². The summed E-state index contributed by atoms with van der Waals surface area (Å²) in [4.78, 5) is 26.5. The first kappa shape index (κ1) is 8.16. The summed E-state index contributed by atoms with van der Waals surface area (Å²) >= 11 is 0. The standard InChI is InChI=1S/C8H8N6O/c9-8-10-1-3-4-5(12-2-11-4)7(15)13-6(3)14-8/h2-3H,1H2,(H,11,12)(H3,9,10,13,14,15). The highest BCUT2D eigenvalue weighted by Crippen LogP contribution is 2.24. The number of carbonyl (C=O) groups is 1. The summed E-state index contributed by atoms with van der Waals surface area (Å²) in [6.07, 6.45) is 1.49. The van der Waals surface area contributed by atoms with Gasteiger partial charge in [-0.3, -0.25) is 9.79 Å². The normalized spacial score (nSPS) is 23.5. The van der Waals surface area contributed by atoms with Crippen LogP contribution in [0.1, 0.15) is 22.1 Å². The molecule has 4 N–H and O–H groups in total. The molecule has 15 heavy (non-hydrogen) atoms. The molecule has 2 aliphatic heterocycles. The number of carbonyl (C=O) groups excluding carboxylic acids is 1. The number of amidine groups is 1. The Hall–Kier alpha value is -2.18. The van der Waals surface area contributed by atoms with E-state index in [1.807, 2.05) is 0 Å². The molecule has 3 heterocycles. The molecule has 0 fully saturated rings. The zero-order valence-electron chi connectivity index (χ0n) is 7.69. The largest absolute Gasteiger partial charge is 0.368 e. The monoisotopic (exact) mass is 204 g/mol. The molecule has 1 atom stereocenters. The van der Waals surface area contributed by atoms with Crippen molar-refractivity contribution in [1.29, 1.82) is 0 Å². The van der Waals surface area contributed by atoms with Gasteiger partial charge in [-0.25, -0.2) is 4.98 Å². The molecule has 0 aliphatic carbocycles. The minimum atomic E-state index is -0.254. The number of imidazole rings is 1. The lowest BCUT2D eigenvalue weighted by molar-refractivity contribution is 0.0966. The number of aromatic amines is 1. The molecule has 1 amide bonds.